The molecular formula is C8H5Br2NO2. The summed E-state index contributed by atoms with van der Waals surface area (Å²) in [6.07, 6.45) is 1.58. The van der Waals surface area contributed by atoms with Crippen molar-refractivity contribution in [1.29, 1.82) is 0 Å². The Morgan fingerprint density at radius 2 is 1.85 bits per heavy atom. The van der Waals surface area contributed by atoms with Crippen LogP contribution >= 0.6 is 32.5 Å². The van der Waals surface area contributed by atoms with Crippen LogP contribution in [0.15, 0.2) is 29.3 Å². The Kier molecular flexibility index (Phi) is 2.51. The highest BCUT2D eigenvalue weighted by Gasteiger charge is 2.38. The monoisotopic (exact) mass is 305 g/mol. The molecule has 0 aromatic heterocycles. The molecule has 1 aliphatic rings. The molecule has 1 aliphatic heterocycles. The first-order valence-corrected chi connectivity index (χ1v) is 4.86. The first-order valence-electron chi connectivity index (χ1n) is 3.56. The average Bonchev–Trinajstić information content (AvgIpc) is 2.58. The van der Waals surface area contributed by atoms with Gasteiger partial charge in [0.05, 0.1) is 11.9 Å². The highest BCUT2D eigenvalue weighted by molar-refractivity contribution is 9.06. The fourth-order valence-corrected chi connectivity index (χ4v) is 2.07. The zero-order chi connectivity index (χ0) is 9.31. The van der Waals surface area contributed by atoms with E-state index in [9.17, 15) is 0 Å². The van der Waals surface area contributed by atoms with E-state index in [2.05, 4.69) is 37.5 Å². The fourth-order valence-electron chi connectivity index (χ4n) is 1.24. The van der Waals surface area contributed by atoms with Crippen LogP contribution in [0.5, 0.6) is 0 Å². The van der Waals surface area contributed by atoms with Crippen molar-refractivity contribution in [3.8, 4) is 0 Å². The second-order valence-electron chi connectivity index (χ2n) is 2.60. The highest BCUT2D eigenvalue weighted by Crippen LogP contribution is 2.40. The first kappa shape index (κ1) is 9.33. The van der Waals surface area contributed by atoms with E-state index in [0.29, 0.717) is 0 Å². The molecule has 0 N–H and O–H groups in total. The van der Waals surface area contributed by atoms with Crippen molar-refractivity contribution in [2.24, 2.45) is 4.99 Å². The minimum Gasteiger partial charge on any atom is -0.262 e. The molecule has 0 unspecified atom stereocenters. The van der Waals surface area contributed by atoms with Crippen molar-refractivity contribution in [2.75, 3.05) is 0 Å². The van der Waals surface area contributed by atoms with Crippen LogP contribution in [0, 0.1) is 0 Å². The third-order valence-electron chi connectivity index (χ3n) is 1.88. The van der Waals surface area contributed by atoms with Crippen LogP contribution in [0.1, 0.15) is 5.56 Å². The molecule has 68 valence electrons. The smallest absolute Gasteiger partial charge is 0.258 e. The Morgan fingerprint density at radius 1 is 1.15 bits per heavy atom. The van der Waals surface area contributed by atoms with E-state index in [1.807, 2.05) is 24.3 Å². The maximum atomic E-state index is 5.07. The van der Waals surface area contributed by atoms with Gasteiger partial charge in [0.25, 0.3) is 5.79 Å². The number of aliphatic imine (C=N–C) groups is 1. The SMILES string of the molecule is BrOC1(OBr)C=Nc2ccccc21. The van der Waals surface area contributed by atoms with Crippen LogP contribution in [0.4, 0.5) is 5.69 Å². The lowest BCUT2D eigenvalue weighted by molar-refractivity contribution is 0.000522. The lowest BCUT2D eigenvalue weighted by Crippen LogP contribution is -2.25. The standard InChI is InChI=1S/C8H5Br2NO2/c9-12-8(13-10)5-11-7-4-2-1-3-6(7)8/h1-5H. The molecule has 0 fully saturated rings. The van der Waals surface area contributed by atoms with E-state index in [1.54, 1.807) is 6.21 Å². The number of nitrogens with zero attached hydrogens (tertiary/aromatic N) is 1. The summed E-state index contributed by atoms with van der Waals surface area (Å²) < 4.78 is 10.1. The zero-order valence-electron chi connectivity index (χ0n) is 6.41. The number of fused-ring (bicyclic) bond motifs is 1. The molecule has 3 nitrogen and oxygen atoms in total. The molecule has 0 radical (unpaired) electrons. The summed E-state index contributed by atoms with van der Waals surface area (Å²) in [7, 11) is 0. The molecule has 0 amide bonds. The van der Waals surface area contributed by atoms with Gasteiger partial charge in [0.1, 0.15) is 32.5 Å². The lowest BCUT2D eigenvalue weighted by atomic mass is 10.1. The highest BCUT2D eigenvalue weighted by atomic mass is 79.9. The summed E-state index contributed by atoms with van der Waals surface area (Å²) in [6, 6.07) is 7.60. The van der Waals surface area contributed by atoms with Crippen LogP contribution < -0.4 is 0 Å². The Morgan fingerprint density at radius 3 is 2.54 bits per heavy atom. The van der Waals surface area contributed by atoms with Gasteiger partial charge >= 0.3 is 0 Å². The second-order valence-corrected chi connectivity index (χ2v) is 3.24. The topological polar surface area (TPSA) is 30.8 Å². The fraction of sp³-hybridized carbons (Fsp3) is 0.125. The molecular weight excluding hydrogens is 302 g/mol. The van der Waals surface area contributed by atoms with E-state index < -0.39 is 5.79 Å². The van der Waals surface area contributed by atoms with Gasteiger partial charge < -0.3 is 0 Å². The molecule has 0 aliphatic carbocycles. The molecule has 0 atom stereocenters. The third-order valence-corrected chi connectivity index (χ3v) is 2.84. The summed E-state index contributed by atoms with van der Waals surface area (Å²) in [4.78, 5) is 4.16. The van der Waals surface area contributed by atoms with Gasteiger partial charge in [-0.15, -0.1) is 0 Å². The molecule has 0 saturated heterocycles. The maximum Gasteiger partial charge on any atom is 0.258 e. The third kappa shape index (κ3) is 1.36. The minimum absolute atomic E-state index is 0.849. The molecule has 5 heteroatoms. The van der Waals surface area contributed by atoms with E-state index in [4.69, 9.17) is 7.66 Å². The summed E-state index contributed by atoms with van der Waals surface area (Å²) >= 11 is 5.83. The maximum absolute atomic E-state index is 5.07. The van der Waals surface area contributed by atoms with E-state index >= 15 is 0 Å². The molecule has 0 bridgehead atoms. The van der Waals surface area contributed by atoms with Crippen molar-refractivity contribution < 1.29 is 7.66 Å². The van der Waals surface area contributed by atoms with Crippen LogP contribution in [-0.2, 0) is 13.4 Å². The molecule has 13 heavy (non-hydrogen) atoms. The Balaban J connectivity index is 2.53. The molecule has 1 heterocycles. The van der Waals surface area contributed by atoms with Crippen molar-refractivity contribution in [3.05, 3.63) is 29.8 Å². The van der Waals surface area contributed by atoms with Gasteiger partial charge in [0.2, 0.25) is 0 Å². The number of benzene rings is 1. The molecule has 1 aromatic rings. The summed E-state index contributed by atoms with van der Waals surface area (Å²) in [6.45, 7) is 0. The summed E-state index contributed by atoms with van der Waals surface area (Å²) in [5.74, 6) is -0.948. The van der Waals surface area contributed by atoms with E-state index in [-0.39, 0.29) is 0 Å². The number of hydrogen-bond acceptors (Lipinski definition) is 3. The van der Waals surface area contributed by atoms with Gasteiger partial charge in [-0.3, -0.25) is 12.6 Å². The Bertz CT molecular complexity index is 350. The quantitative estimate of drug-likeness (QED) is 0.786. The minimum atomic E-state index is -0.948. The Labute approximate surface area is 92.7 Å². The van der Waals surface area contributed by atoms with E-state index in [0.717, 1.165) is 11.3 Å². The predicted molar refractivity (Wildman–Crippen MR) is 56.3 cm³/mol. The average molecular weight is 307 g/mol. The van der Waals surface area contributed by atoms with Crippen molar-refractivity contribution >= 4 is 44.4 Å². The normalized spacial score (nSPS) is 17.4. The zero-order valence-corrected chi connectivity index (χ0v) is 9.58. The second kappa shape index (κ2) is 3.49. The van der Waals surface area contributed by atoms with Crippen molar-refractivity contribution in [2.45, 2.75) is 5.79 Å². The van der Waals surface area contributed by atoms with Crippen LogP contribution in [0.2, 0.25) is 0 Å². The van der Waals surface area contributed by atoms with Crippen LogP contribution in [0.3, 0.4) is 0 Å². The number of halogens is 2. The predicted octanol–water partition coefficient (Wildman–Crippen LogP) is 3.21. The molecule has 0 saturated carbocycles. The van der Waals surface area contributed by atoms with Gasteiger partial charge in [-0.1, -0.05) is 18.2 Å². The van der Waals surface area contributed by atoms with Crippen LogP contribution in [-0.4, -0.2) is 6.21 Å². The Hall–Kier alpha value is -0.230. The van der Waals surface area contributed by atoms with Gasteiger partial charge in [-0.05, 0) is 6.07 Å². The molecule has 0 spiro atoms. The summed E-state index contributed by atoms with van der Waals surface area (Å²) in [5.41, 5.74) is 1.71. The van der Waals surface area contributed by atoms with Gasteiger partial charge in [0, 0.05) is 5.56 Å². The van der Waals surface area contributed by atoms with Gasteiger partial charge in [0.15, 0.2) is 0 Å². The van der Waals surface area contributed by atoms with Gasteiger partial charge in [-0.25, -0.2) is 0 Å². The number of para-hydroxylation sites is 1. The first-order chi connectivity index (χ1) is 6.32. The van der Waals surface area contributed by atoms with Crippen LogP contribution in [0.25, 0.3) is 0 Å². The molecule has 2 rings (SSSR count). The lowest BCUT2D eigenvalue weighted by Gasteiger charge is -2.19. The summed E-state index contributed by atoms with van der Waals surface area (Å²) in [5, 5.41) is 0. The molecule has 1 aromatic carbocycles. The number of hydrogen-bond donors (Lipinski definition) is 0. The van der Waals surface area contributed by atoms with Gasteiger partial charge in [-0.2, -0.15) is 0 Å². The van der Waals surface area contributed by atoms with E-state index in [1.165, 1.54) is 0 Å². The number of rotatable bonds is 2. The largest absolute Gasteiger partial charge is 0.262 e. The van der Waals surface area contributed by atoms with Crippen molar-refractivity contribution in [3.63, 3.8) is 0 Å². The van der Waals surface area contributed by atoms with Crippen molar-refractivity contribution in [1.82, 2.24) is 0 Å².